The quantitative estimate of drug-likeness (QED) is 0.807. The summed E-state index contributed by atoms with van der Waals surface area (Å²) < 4.78 is 42.9. The summed E-state index contributed by atoms with van der Waals surface area (Å²) in [5, 5.41) is 11.7. The molecule has 0 aromatic heterocycles. The highest BCUT2D eigenvalue weighted by molar-refractivity contribution is 5.53. The highest BCUT2D eigenvalue weighted by Gasteiger charge is 2.33. The lowest BCUT2D eigenvalue weighted by Crippen LogP contribution is -2.10. The predicted octanol–water partition coefficient (Wildman–Crippen LogP) is 3.42. The van der Waals surface area contributed by atoms with Gasteiger partial charge in [-0.3, -0.25) is 0 Å². The van der Waals surface area contributed by atoms with Gasteiger partial charge in [0.05, 0.1) is 17.2 Å². The van der Waals surface area contributed by atoms with E-state index >= 15 is 0 Å². The largest absolute Gasteiger partial charge is 0.417 e. The highest BCUT2D eigenvalue weighted by atomic mass is 19.4. The minimum atomic E-state index is -4.50. The molecule has 0 aliphatic carbocycles. The molecular weight excluding hydrogens is 257 g/mol. The zero-order valence-electron chi connectivity index (χ0n) is 10.5. The molecule has 0 saturated heterocycles. The van der Waals surface area contributed by atoms with Crippen molar-refractivity contribution in [3.05, 3.63) is 29.3 Å². The molecule has 19 heavy (non-hydrogen) atoms. The molecule has 3 nitrogen and oxygen atoms in total. The lowest BCUT2D eigenvalue weighted by Gasteiger charge is -2.11. The molecule has 0 atom stereocenters. The molecule has 0 radical (unpaired) electrons. The van der Waals surface area contributed by atoms with Gasteiger partial charge in [0.15, 0.2) is 0 Å². The molecule has 0 amide bonds. The molecule has 0 unspecified atom stereocenters. The lowest BCUT2D eigenvalue weighted by atomic mass is 10.1. The van der Waals surface area contributed by atoms with Crippen LogP contribution in [0.3, 0.4) is 0 Å². The summed E-state index contributed by atoms with van der Waals surface area (Å²) in [5.41, 5.74) is -0.779. The van der Waals surface area contributed by atoms with Crippen molar-refractivity contribution in [2.45, 2.75) is 19.5 Å². The van der Waals surface area contributed by atoms with Gasteiger partial charge in [0.2, 0.25) is 0 Å². The van der Waals surface area contributed by atoms with E-state index in [0.717, 1.165) is 12.5 Å². The Labute approximate surface area is 110 Å². The molecule has 0 saturated carbocycles. The van der Waals surface area contributed by atoms with Gasteiger partial charge < -0.3 is 10.1 Å². The SMILES string of the molecule is CCOCCCNc1ccc(C(F)(F)F)c(C#N)c1. The monoisotopic (exact) mass is 272 g/mol. The predicted molar refractivity (Wildman–Crippen MR) is 65.8 cm³/mol. The summed E-state index contributed by atoms with van der Waals surface area (Å²) in [7, 11) is 0. The molecule has 0 bridgehead atoms. The fourth-order valence-corrected chi connectivity index (χ4v) is 1.55. The van der Waals surface area contributed by atoms with Gasteiger partial charge in [0.25, 0.3) is 0 Å². The molecule has 0 heterocycles. The van der Waals surface area contributed by atoms with E-state index in [1.54, 1.807) is 6.07 Å². The van der Waals surface area contributed by atoms with E-state index in [1.165, 1.54) is 12.1 Å². The van der Waals surface area contributed by atoms with E-state index in [-0.39, 0.29) is 5.56 Å². The van der Waals surface area contributed by atoms with Crippen LogP contribution in [0.15, 0.2) is 18.2 Å². The number of nitriles is 1. The minimum Gasteiger partial charge on any atom is -0.385 e. The molecule has 0 aliphatic heterocycles. The summed E-state index contributed by atoms with van der Waals surface area (Å²) in [6, 6.07) is 5.02. The van der Waals surface area contributed by atoms with E-state index in [4.69, 9.17) is 10.00 Å². The van der Waals surface area contributed by atoms with Crippen LogP contribution in [0, 0.1) is 11.3 Å². The number of hydrogen-bond acceptors (Lipinski definition) is 3. The van der Waals surface area contributed by atoms with Crippen LogP contribution in [0.5, 0.6) is 0 Å². The standard InChI is InChI=1S/C13H15F3N2O/c1-2-19-7-3-6-18-11-4-5-12(13(14,15)16)10(8-11)9-17/h4-5,8,18H,2-3,6-7H2,1H3. The molecule has 1 aromatic carbocycles. The van der Waals surface area contributed by atoms with Gasteiger partial charge in [0, 0.05) is 25.4 Å². The first-order valence-corrected chi connectivity index (χ1v) is 5.92. The molecule has 1 rings (SSSR count). The number of ether oxygens (including phenoxy) is 1. The third-order valence-electron chi connectivity index (χ3n) is 2.44. The van der Waals surface area contributed by atoms with Gasteiger partial charge in [-0.1, -0.05) is 0 Å². The number of alkyl halides is 3. The Balaban J connectivity index is 2.65. The van der Waals surface area contributed by atoms with Crippen LogP contribution < -0.4 is 5.32 Å². The first-order chi connectivity index (χ1) is 8.99. The minimum absolute atomic E-state index is 0.373. The average molecular weight is 272 g/mol. The zero-order chi connectivity index (χ0) is 14.3. The molecule has 1 aromatic rings. The van der Waals surface area contributed by atoms with Crippen LogP contribution in [-0.2, 0) is 10.9 Å². The summed E-state index contributed by atoms with van der Waals surface area (Å²) in [6.45, 7) is 3.70. The molecule has 6 heteroatoms. The Morgan fingerprint density at radius 3 is 2.68 bits per heavy atom. The van der Waals surface area contributed by atoms with E-state index in [9.17, 15) is 13.2 Å². The maximum Gasteiger partial charge on any atom is 0.417 e. The molecule has 1 N–H and O–H groups in total. The third kappa shape index (κ3) is 4.79. The maximum atomic E-state index is 12.6. The van der Waals surface area contributed by atoms with Crippen LogP contribution in [0.4, 0.5) is 18.9 Å². The smallest absolute Gasteiger partial charge is 0.385 e. The molecule has 104 valence electrons. The number of nitrogens with zero attached hydrogens (tertiary/aromatic N) is 1. The number of benzene rings is 1. The average Bonchev–Trinajstić information content (AvgIpc) is 2.37. The Morgan fingerprint density at radius 1 is 1.37 bits per heavy atom. The van der Waals surface area contributed by atoms with Gasteiger partial charge >= 0.3 is 6.18 Å². The highest BCUT2D eigenvalue weighted by Crippen LogP contribution is 2.32. The van der Waals surface area contributed by atoms with Crippen LogP contribution in [-0.4, -0.2) is 19.8 Å². The number of hydrogen-bond donors (Lipinski definition) is 1. The summed E-state index contributed by atoms with van der Waals surface area (Å²) in [5.74, 6) is 0. The lowest BCUT2D eigenvalue weighted by molar-refractivity contribution is -0.137. The van der Waals surface area contributed by atoms with Gasteiger partial charge in [-0.25, -0.2) is 0 Å². The van der Waals surface area contributed by atoms with Gasteiger partial charge in [-0.2, -0.15) is 18.4 Å². The zero-order valence-corrected chi connectivity index (χ0v) is 10.5. The topological polar surface area (TPSA) is 45.0 Å². The first kappa shape index (κ1) is 15.3. The van der Waals surface area contributed by atoms with Crippen molar-refractivity contribution in [1.29, 1.82) is 5.26 Å². The van der Waals surface area contributed by atoms with Crippen molar-refractivity contribution in [2.75, 3.05) is 25.1 Å². The second-order valence-electron chi connectivity index (χ2n) is 3.85. The maximum absolute atomic E-state index is 12.6. The third-order valence-corrected chi connectivity index (χ3v) is 2.44. The number of rotatable bonds is 6. The van der Waals surface area contributed by atoms with E-state index in [1.807, 2.05) is 6.92 Å². The van der Waals surface area contributed by atoms with Crippen molar-refractivity contribution in [3.63, 3.8) is 0 Å². The van der Waals surface area contributed by atoms with Crippen LogP contribution in [0.25, 0.3) is 0 Å². The van der Waals surface area contributed by atoms with Crippen LogP contribution >= 0.6 is 0 Å². The fraction of sp³-hybridized carbons (Fsp3) is 0.462. The van der Waals surface area contributed by atoms with Crippen molar-refractivity contribution < 1.29 is 17.9 Å². The Bertz CT molecular complexity index is 452. The number of halogens is 3. The van der Waals surface area contributed by atoms with Crippen molar-refractivity contribution in [1.82, 2.24) is 0 Å². The number of anilines is 1. The molecule has 0 aliphatic rings. The first-order valence-electron chi connectivity index (χ1n) is 5.92. The van der Waals surface area contributed by atoms with Crippen LogP contribution in [0.2, 0.25) is 0 Å². The van der Waals surface area contributed by atoms with Gasteiger partial charge in [-0.15, -0.1) is 0 Å². The van der Waals surface area contributed by atoms with E-state index < -0.39 is 11.7 Å². The normalized spacial score (nSPS) is 11.1. The second-order valence-corrected chi connectivity index (χ2v) is 3.85. The Morgan fingerprint density at radius 2 is 2.11 bits per heavy atom. The second kappa shape index (κ2) is 7.00. The van der Waals surface area contributed by atoms with Crippen molar-refractivity contribution in [2.24, 2.45) is 0 Å². The van der Waals surface area contributed by atoms with E-state index in [0.29, 0.717) is 25.4 Å². The van der Waals surface area contributed by atoms with E-state index in [2.05, 4.69) is 5.32 Å². The van der Waals surface area contributed by atoms with Gasteiger partial charge in [-0.05, 0) is 31.5 Å². The molecule has 0 fully saturated rings. The Kier molecular flexibility index (Phi) is 5.64. The van der Waals surface area contributed by atoms with Crippen molar-refractivity contribution in [3.8, 4) is 6.07 Å². The summed E-state index contributed by atoms with van der Waals surface area (Å²) in [4.78, 5) is 0. The summed E-state index contributed by atoms with van der Waals surface area (Å²) >= 11 is 0. The van der Waals surface area contributed by atoms with Crippen LogP contribution in [0.1, 0.15) is 24.5 Å². The fourth-order valence-electron chi connectivity index (χ4n) is 1.55. The van der Waals surface area contributed by atoms with Gasteiger partial charge in [0.1, 0.15) is 0 Å². The van der Waals surface area contributed by atoms with Crippen molar-refractivity contribution >= 4 is 5.69 Å². The molecular formula is C13H15F3N2O. The molecule has 0 spiro atoms. The number of nitrogens with one attached hydrogen (secondary N) is 1. The summed E-state index contributed by atoms with van der Waals surface area (Å²) in [6.07, 6.45) is -3.75. The Hall–Kier alpha value is -1.74.